The Morgan fingerprint density at radius 3 is 2.92 bits per heavy atom. The molecule has 3 aromatic rings. The third-order valence-corrected chi connectivity index (χ3v) is 5.06. The number of hydrogen-bond donors (Lipinski definition) is 2. The Balaban J connectivity index is 1.47. The number of amides is 1. The molecule has 0 radical (unpaired) electrons. The summed E-state index contributed by atoms with van der Waals surface area (Å²) in [5.74, 6) is -0.0150. The lowest BCUT2D eigenvalue weighted by Gasteiger charge is -2.09. The average Bonchev–Trinajstić information content (AvgIpc) is 3.00. The minimum absolute atomic E-state index is 0.140. The third kappa shape index (κ3) is 2.90. The Bertz CT molecular complexity index is 998. The molecule has 5 nitrogen and oxygen atoms in total. The predicted molar refractivity (Wildman–Crippen MR) is 101 cm³/mol. The molecule has 132 valence electrons. The van der Waals surface area contributed by atoms with E-state index < -0.39 is 0 Å². The topological polar surface area (TPSA) is 74.8 Å². The molecule has 0 spiro atoms. The Kier molecular flexibility index (Phi) is 4.29. The molecular formula is C21H21N3O2. The number of aromatic amines is 1. The van der Waals surface area contributed by atoms with E-state index in [0.717, 1.165) is 46.1 Å². The van der Waals surface area contributed by atoms with Gasteiger partial charge >= 0.3 is 0 Å². The van der Waals surface area contributed by atoms with E-state index in [-0.39, 0.29) is 11.7 Å². The van der Waals surface area contributed by atoms with Gasteiger partial charge in [-0.05, 0) is 43.4 Å². The molecule has 0 unspecified atom stereocenters. The highest BCUT2D eigenvalue weighted by Crippen LogP contribution is 2.26. The monoisotopic (exact) mass is 347 g/mol. The summed E-state index contributed by atoms with van der Waals surface area (Å²) in [6.07, 6.45) is 4.74. The highest BCUT2D eigenvalue weighted by atomic mass is 16.2. The first kappa shape index (κ1) is 16.5. The van der Waals surface area contributed by atoms with Crippen molar-refractivity contribution >= 4 is 22.6 Å². The van der Waals surface area contributed by atoms with Crippen LogP contribution < -0.4 is 5.32 Å². The van der Waals surface area contributed by atoms with Crippen molar-refractivity contribution in [1.82, 2.24) is 15.3 Å². The number of carbonyl (C=O) groups excluding carboxylic acids is 2. The first-order valence-electron chi connectivity index (χ1n) is 9.00. The molecule has 2 heterocycles. The number of rotatable bonds is 4. The normalized spacial score (nSPS) is 13.7. The van der Waals surface area contributed by atoms with Crippen molar-refractivity contribution in [3.63, 3.8) is 0 Å². The molecule has 1 aromatic carbocycles. The molecule has 0 aliphatic heterocycles. The van der Waals surface area contributed by atoms with E-state index in [4.69, 9.17) is 0 Å². The number of carbonyl (C=O) groups is 2. The van der Waals surface area contributed by atoms with Crippen molar-refractivity contribution in [1.29, 1.82) is 0 Å². The molecule has 4 rings (SSSR count). The van der Waals surface area contributed by atoms with Crippen molar-refractivity contribution in [3.05, 3.63) is 64.6 Å². The summed E-state index contributed by atoms with van der Waals surface area (Å²) >= 11 is 0. The lowest BCUT2D eigenvalue weighted by Crippen LogP contribution is -2.26. The van der Waals surface area contributed by atoms with Gasteiger partial charge in [0.15, 0.2) is 5.78 Å². The van der Waals surface area contributed by atoms with Crippen molar-refractivity contribution in [3.8, 4) is 0 Å². The molecule has 0 bridgehead atoms. The number of Topliss-reactive ketones (excluding diaryl/α,β-unsaturated/α-hetero) is 1. The molecule has 1 amide bonds. The summed E-state index contributed by atoms with van der Waals surface area (Å²) in [5, 5.41) is 4.07. The van der Waals surface area contributed by atoms with E-state index in [0.29, 0.717) is 25.1 Å². The minimum atomic E-state index is -0.155. The van der Waals surface area contributed by atoms with Gasteiger partial charge in [-0.2, -0.15) is 0 Å². The Morgan fingerprint density at radius 2 is 2.08 bits per heavy atom. The van der Waals surface area contributed by atoms with Crippen LogP contribution in [0.1, 0.15) is 50.5 Å². The Morgan fingerprint density at radius 1 is 1.23 bits per heavy atom. The van der Waals surface area contributed by atoms with Crippen LogP contribution in [-0.4, -0.2) is 28.2 Å². The van der Waals surface area contributed by atoms with E-state index >= 15 is 0 Å². The van der Waals surface area contributed by atoms with Gasteiger partial charge in [0.1, 0.15) is 5.69 Å². The van der Waals surface area contributed by atoms with Crippen molar-refractivity contribution in [2.75, 3.05) is 6.54 Å². The Hall–Kier alpha value is -2.95. The maximum absolute atomic E-state index is 12.6. The van der Waals surface area contributed by atoms with Crippen LogP contribution in [0.4, 0.5) is 0 Å². The molecule has 2 aromatic heterocycles. The molecule has 5 heteroatoms. The number of para-hydroxylation sites is 1. The fraction of sp³-hybridized carbons (Fsp3) is 0.286. The fourth-order valence-electron chi connectivity index (χ4n) is 3.77. The first-order chi connectivity index (χ1) is 12.6. The van der Waals surface area contributed by atoms with Crippen LogP contribution in [0, 0.1) is 6.92 Å². The van der Waals surface area contributed by atoms with Crippen LogP contribution in [0.25, 0.3) is 10.9 Å². The quantitative estimate of drug-likeness (QED) is 0.760. The van der Waals surface area contributed by atoms with Gasteiger partial charge in [0, 0.05) is 35.8 Å². The van der Waals surface area contributed by atoms with Gasteiger partial charge in [-0.3, -0.25) is 14.6 Å². The van der Waals surface area contributed by atoms with Gasteiger partial charge in [-0.1, -0.05) is 24.3 Å². The Labute approximate surface area is 151 Å². The van der Waals surface area contributed by atoms with Crippen LogP contribution in [0.15, 0.2) is 36.5 Å². The van der Waals surface area contributed by atoms with Gasteiger partial charge in [-0.25, -0.2) is 0 Å². The summed E-state index contributed by atoms with van der Waals surface area (Å²) in [6.45, 7) is 2.37. The van der Waals surface area contributed by atoms with Gasteiger partial charge in [0.05, 0.1) is 5.52 Å². The second-order valence-electron chi connectivity index (χ2n) is 6.75. The number of nitrogens with zero attached hydrogens (tertiary/aromatic N) is 1. The minimum Gasteiger partial charge on any atom is -0.354 e. The summed E-state index contributed by atoms with van der Waals surface area (Å²) in [5.41, 5.74) is 5.00. The zero-order valence-electron chi connectivity index (χ0n) is 14.8. The lowest BCUT2D eigenvalue weighted by molar-refractivity contribution is 0.0948. The summed E-state index contributed by atoms with van der Waals surface area (Å²) < 4.78 is 0. The molecule has 0 saturated carbocycles. The van der Waals surface area contributed by atoms with E-state index in [1.807, 2.05) is 37.3 Å². The summed E-state index contributed by atoms with van der Waals surface area (Å²) in [7, 11) is 0. The zero-order chi connectivity index (χ0) is 18.1. The maximum atomic E-state index is 12.6. The number of benzene rings is 1. The highest BCUT2D eigenvalue weighted by Gasteiger charge is 2.26. The van der Waals surface area contributed by atoms with E-state index in [1.54, 1.807) is 6.20 Å². The van der Waals surface area contributed by atoms with Crippen LogP contribution in [0.5, 0.6) is 0 Å². The molecular weight excluding hydrogens is 326 g/mol. The molecule has 0 atom stereocenters. The van der Waals surface area contributed by atoms with Crippen LogP contribution in [-0.2, 0) is 12.8 Å². The van der Waals surface area contributed by atoms with Crippen molar-refractivity contribution < 1.29 is 9.59 Å². The number of pyridine rings is 1. The van der Waals surface area contributed by atoms with Crippen molar-refractivity contribution in [2.24, 2.45) is 0 Å². The molecule has 2 N–H and O–H groups in total. The number of ketones is 1. The zero-order valence-corrected chi connectivity index (χ0v) is 14.8. The SMILES string of the molecule is Cc1c(C(=O)NCCc2cccc3cccnc23)[nH]c2c1C(=O)CCC2. The van der Waals surface area contributed by atoms with E-state index in [9.17, 15) is 9.59 Å². The number of nitrogens with one attached hydrogen (secondary N) is 2. The van der Waals surface area contributed by atoms with Gasteiger partial charge in [-0.15, -0.1) is 0 Å². The summed E-state index contributed by atoms with van der Waals surface area (Å²) in [6, 6.07) is 10.0. The molecule has 0 saturated heterocycles. The first-order valence-corrected chi connectivity index (χ1v) is 9.00. The number of hydrogen-bond acceptors (Lipinski definition) is 3. The van der Waals surface area contributed by atoms with Gasteiger partial charge in [0.25, 0.3) is 5.91 Å². The fourth-order valence-corrected chi connectivity index (χ4v) is 3.77. The number of aryl methyl sites for hydroxylation is 1. The van der Waals surface area contributed by atoms with Crippen molar-refractivity contribution in [2.45, 2.75) is 32.6 Å². The van der Waals surface area contributed by atoms with Gasteiger partial charge < -0.3 is 10.3 Å². The maximum Gasteiger partial charge on any atom is 0.268 e. The van der Waals surface area contributed by atoms with E-state index in [1.165, 1.54) is 0 Å². The van der Waals surface area contributed by atoms with Crippen LogP contribution in [0.3, 0.4) is 0 Å². The highest BCUT2D eigenvalue weighted by molar-refractivity contribution is 6.04. The molecule has 1 aliphatic carbocycles. The second kappa shape index (κ2) is 6.75. The standard InChI is InChI=1S/C21H21N3O2/c1-13-18-16(8-3-9-17(18)25)24-19(13)21(26)23-12-10-15-6-2-5-14-7-4-11-22-20(14)15/h2,4-7,11,24H,3,8-10,12H2,1H3,(H,23,26). The summed E-state index contributed by atoms with van der Waals surface area (Å²) in [4.78, 5) is 32.3. The largest absolute Gasteiger partial charge is 0.354 e. The van der Waals surface area contributed by atoms with E-state index in [2.05, 4.69) is 15.3 Å². The second-order valence-corrected chi connectivity index (χ2v) is 6.75. The number of aromatic nitrogens is 2. The number of H-pyrrole nitrogens is 1. The van der Waals surface area contributed by atoms with Crippen LogP contribution >= 0.6 is 0 Å². The molecule has 0 fully saturated rings. The average molecular weight is 347 g/mol. The molecule has 1 aliphatic rings. The van der Waals surface area contributed by atoms with Crippen LogP contribution in [0.2, 0.25) is 0 Å². The predicted octanol–water partition coefficient (Wildman–Crippen LogP) is 3.36. The number of fused-ring (bicyclic) bond motifs is 2. The lowest BCUT2D eigenvalue weighted by atomic mass is 9.94. The smallest absolute Gasteiger partial charge is 0.268 e. The molecule has 26 heavy (non-hydrogen) atoms. The van der Waals surface area contributed by atoms with Gasteiger partial charge in [0.2, 0.25) is 0 Å². The third-order valence-electron chi connectivity index (χ3n) is 5.06.